The van der Waals surface area contributed by atoms with E-state index in [1.807, 2.05) is 78.9 Å². The fraction of sp³-hybridized carbons (Fsp3) is 0.0833. The van der Waals surface area contributed by atoms with E-state index in [0.29, 0.717) is 17.9 Å². The zero-order valence-corrected chi connectivity index (χ0v) is 16.0. The van der Waals surface area contributed by atoms with Gasteiger partial charge in [-0.25, -0.2) is 0 Å². The molecule has 144 valence electrons. The average molecular weight is 384 g/mol. The maximum atomic E-state index is 12.9. The van der Waals surface area contributed by atoms with E-state index in [-0.39, 0.29) is 11.7 Å². The van der Waals surface area contributed by atoms with Gasteiger partial charge in [0.2, 0.25) is 0 Å². The van der Waals surface area contributed by atoms with Crippen molar-refractivity contribution in [2.45, 2.75) is 6.61 Å². The van der Waals surface area contributed by atoms with Crippen molar-refractivity contribution in [1.82, 2.24) is 4.98 Å². The molecule has 0 fully saturated rings. The van der Waals surface area contributed by atoms with Crippen LogP contribution in [-0.4, -0.2) is 18.0 Å². The molecule has 29 heavy (non-hydrogen) atoms. The lowest BCUT2D eigenvalue weighted by Crippen LogP contribution is -2.13. The molecule has 2 aromatic carbocycles. The smallest absolute Gasteiger partial charge is 0.291 e. The fourth-order valence-electron chi connectivity index (χ4n) is 3.13. The number of carbonyl (C=O) groups is 1. The molecule has 2 heterocycles. The van der Waals surface area contributed by atoms with Crippen molar-refractivity contribution < 1.29 is 13.9 Å². The zero-order valence-electron chi connectivity index (χ0n) is 16.0. The Morgan fingerprint density at radius 3 is 2.76 bits per heavy atom. The molecule has 0 saturated heterocycles. The maximum absolute atomic E-state index is 12.9. The van der Waals surface area contributed by atoms with E-state index in [1.165, 1.54) is 0 Å². The van der Waals surface area contributed by atoms with E-state index in [1.54, 1.807) is 13.3 Å². The summed E-state index contributed by atoms with van der Waals surface area (Å²) in [4.78, 5) is 17.2. The van der Waals surface area contributed by atoms with Gasteiger partial charge in [-0.2, -0.15) is 0 Å². The highest BCUT2D eigenvalue weighted by Crippen LogP contribution is 2.27. The van der Waals surface area contributed by atoms with Gasteiger partial charge in [0.05, 0.1) is 12.3 Å². The summed E-state index contributed by atoms with van der Waals surface area (Å²) in [5, 5.41) is 3.80. The normalized spacial score (nSPS) is 11.2. The summed E-state index contributed by atoms with van der Waals surface area (Å²) in [6.45, 7) is 0.298. The number of nitrogens with one attached hydrogen (secondary N) is 1. The monoisotopic (exact) mass is 384 g/mol. The highest BCUT2D eigenvalue weighted by molar-refractivity contribution is 6.06. The highest BCUT2D eigenvalue weighted by atomic mass is 16.5. The van der Waals surface area contributed by atoms with E-state index < -0.39 is 0 Å². The summed E-state index contributed by atoms with van der Waals surface area (Å²) in [6.07, 6.45) is 5.63. The number of benzene rings is 2. The SMILES string of the molecule is COCc1c(C(=O)Nc2cccc(/C=C/c3ccccn3)c2)oc2ccccc12. The van der Waals surface area contributed by atoms with Gasteiger partial charge >= 0.3 is 0 Å². The summed E-state index contributed by atoms with van der Waals surface area (Å²) >= 11 is 0. The first-order valence-electron chi connectivity index (χ1n) is 9.24. The Bertz CT molecular complexity index is 1160. The first-order chi connectivity index (χ1) is 14.2. The second kappa shape index (κ2) is 8.54. The maximum Gasteiger partial charge on any atom is 0.291 e. The molecule has 0 radical (unpaired) electrons. The van der Waals surface area contributed by atoms with E-state index >= 15 is 0 Å². The lowest BCUT2D eigenvalue weighted by atomic mass is 10.1. The van der Waals surface area contributed by atoms with Gasteiger partial charge in [0.25, 0.3) is 5.91 Å². The second-order valence-corrected chi connectivity index (χ2v) is 6.51. The molecule has 0 unspecified atom stereocenters. The van der Waals surface area contributed by atoms with Crippen LogP contribution in [0.15, 0.2) is 77.3 Å². The first kappa shape index (κ1) is 18.7. The van der Waals surface area contributed by atoms with Gasteiger partial charge in [-0.05, 0) is 42.0 Å². The number of fused-ring (bicyclic) bond motifs is 1. The minimum absolute atomic E-state index is 0.266. The third-order valence-electron chi connectivity index (χ3n) is 4.47. The molecule has 5 nitrogen and oxygen atoms in total. The summed E-state index contributed by atoms with van der Waals surface area (Å²) in [5.74, 6) is -0.0402. The van der Waals surface area contributed by atoms with Gasteiger partial charge < -0.3 is 14.5 Å². The number of ether oxygens (including phenoxy) is 1. The fourth-order valence-corrected chi connectivity index (χ4v) is 3.13. The van der Waals surface area contributed by atoms with Crippen molar-refractivity contribution in [1.29, 1.82) is 0 Å². The molecule has 0 saturated carbocycles. The van der Waals surface area contributed by atoms with Crippen molar-refractivity contribution in [3.63, 3.8) is 0 Å². The van der Waals surface area contributed by atoms with Crippen LogP contribution in [-0.2, 0) is 11.3 Å². The van der Waals surface area contributed by atoms with Crippen molar-refractivity contribution in [3.8, 4) is 0 Å². The molecule has 2 aromatic heterocycles. The number of anilines is 1. The number of amides is 1. The molecule has 0 spiro atoms. The molecule has 4 rings (SSSR count). The Kier molecular flexibility index (Phi) is 5.49. The minimum atomic E-state index is -0.306. The number of aromatic nitrogens is 1. The van der Waals surface area contributed by atoms with Gasteiger partial charge in [-0.3, -0.25) is 9.78 Å². The topological polar surface area (TPSA) is 64.4 Å². The van der Waals surface area contributed by atoms with Crippen LogP contribution in [0.1, 0.15) is 27.4 Å². The molecular formula is C24H20N2O3. The van der Waals surface area contributed by atoms with Crippen LogP contribution in [0.25, 0.3) is 23.1 Å². The quantitative estimate of drug-likeness (QED) is 0.484. The third-order valence-corrected chi connectivity index (χ3v) is 4.47. The number of hydrogen-bond acceptors (Lipinski definition) is 4. The van der Waals surface area contributed by atoms with Crippen LogP contribution >= 0.6 is 0 Å². The second-order valence-electron chi connectivity index (χ2n) is 6.51. The zero-order chi connectivity index (χ0) is 20.1. The van der Waals surface area contributed by atoms with Gasteiger partial charge in [-0.15, -0.1) is 0 Å². The Morgan fingerprint density at radius 1 is 1.07 bits per heavy atom. The van der Waals surface area contributed by atoms with Crippen LogP contribution in [0.3, 0.4) is 0 Å². The first-order valence-corrected chi connectivity index (χ1v) is 9.24. The molecule has 1 N–H and O–H groups in total. The molecule has 0 bridgehead atoms. The van der Waals surface area contributed by atoms with E-state index in [4.69, 9.17) is 9.15 Å². The number of nitrogens with zero attached hydrogens (tertiary/aromatic N) is 1. The number of furan rings is 1. The van der Waals surface area contributed by atoms with Crippen LogP contribution < -0.4 is 5.32 Å². The average Bonchev–Trinajstić information content (AvgIpc) is 3.12. The number of carbonyl (C=O) groups excluding carboxylic acids is 1. The van der Waals surface area contributed by atoms with Crippen LogP contribution in [0, 0.1) is 0 Å². The number of methoxy groups -OCH3 is 1. The van der Waals surface area contributed by atoms with Crippen molar-refractivity contribution >= 4 is 34.7 Å². The van der Waals surface area contributed by atoms with Crippen molar-refractivity contribution in [2.24, 2.45) is 0 Å². The van der Waals surface area contributed by atoms with Crippen LogP contribution in [0.4, 0.5) is 5.69 Å². The summed E-state index contributed by atoms with van der Waals surface area (Å²) in [6, 6.07) is 20.9. The van der Waals surface area contributed by atoms with E-state index in [0.717, 1.165) is 22.2 Å². The number of hydrogen-bond donors (Lipinski definition) is 1. The number of rotatable bonds is 6. The Balaban J connectivity index is 1.57. The third kappa shape index (κ3) is 4.25. The van der Waals surface area contributed by atoms with Gasteiger partial charge in [0.15, 0.2) is 5.76 Å². The van der Waals surface area contributed by atoms with Gasteiger partial charge in [0, 0.05) is 29.9 Å². The number of para-hydroxylation sites is 1. The lowest BCUT2D eigenvalue weighted by Gasteiger charge is -2.06. The Labute approximate surface area is 168 Å². The molecule has 0 aliphatic heterocycles. The molecule has 4 aromatic rings. The predicted molar refractivity (Wildman–Crippen MR) is 114 cm³/mol. The van der Waals surface area contributed by atoms with Gasteiger partial charge in [-0.1, -0.05) is 42.5 Å². The largest absolute Gasteiger partial charge is 0.451 e. The van der Waals surface area contributed by atoms with Crippen molar-refractivity contribution in [2.75, 3.05) is 12.4 Å². The molecular weight excluding hydrogens is 364 g/mol. The molecule has 0 aliphatic rings. The molecule has 1 amide bonds. The van der Waals surface area contributed by atoms with Crippen LogP contribution in [0.2, 0.25) is 0 Å². The van der Waals surface area contributed by atoms with E-state index in [2.05, 4.69) is 10.3 Å². The molecule has 5 heteroatoms. The van der Waals surface area contributed by atoms with E-state index in [9.17, 15) is 4.79 Å². The Hall–Kier alpha value is -3.70. The summed E-state index contributed by atoms with van der Waals surface area (Å²) < 4.78 is 11.1. The highest BCUT2D eigenvalue weighted by Gasteiger charge is 2.20. The van der Waals surface area contributed by atoms with Gasteiger partial charge in [0.1, 0.15) is 5.58 Å². The van der Waals surface area contributed by atoms with Crippen LogP contribution in [0.5, 0.6) is 0 Å². The lowest BCUT2D eigenvalue weighted by molar-refractivity contribution is 0.0992. The van der Waals surface area contributed by atoms with Crippen molar-refractivity contribution in [3.05, 3.63) is 95.5 Å². The molecule has 0 atom stereocenters. The number of pyridine rings is 1. The Morgan fingerprint density at radius 2 is 1.93 bits per heavy atom. The standard InChI is InChI=1S/C24H20N2O3/c1-28-16-21-20-10-2-3-11-22(20)29-23(21)24(27)26-19-9-6-7-17(15-19)12-13-18-8-4-5-14-25-18/h2-15H,16H2,1H3,(H,26,27)/b13-12+. The molecule has 0 aliphatic carbocycles. The predicted octanol–water partition coefficient (Wildman–Crippen LogP) is 5.40. The summed E-state index contributed by atoms with van der Waals surface area (Å²) in [5.41, 5.74) is 3.91. The summed E-state index contributed by atoms with van der Waals surface area (Å²) in [7, 11) is 1.60. The minimum Gasteiger partial charge on any atom is -0.451 e.